The molecule has 0 aromatic carbocycles. The first kappa shape index (κ1) is 12.1. The number of ether oxygens (including phenoxy) is 1. The van der Waals surface area contributed by atoms with Crippen molar-refractivity contribution in [2.45, 2.75) is 52.1 Å². The summed E-state index contributed by atoms with van der Waals surface area (Å²) in [7, 11) is 1.72. The van der Waals surface area contributed by atoms with E-state index in [-0.39, 0.29) is 0 Å². The first-order chi connectivity index (χ1) is 7.61. The Hall–Kier alpha value is -0.410. The molecule has 2 rings (SSSR count). The Balaban J connectivity index is 1.97. The Bertz CT molecular complexity index is 335. The van der Waals surface area contributed by atoms with Gasteiger partial charge < -0.3 is 4.74 Å². The minimum atomic E-state index is 0.545. The maximum Gasteiger partial charge on any atom is 0.0960 e. The maximum atomic E-state index is 5.11. The topological polar surface area (TPSA) is 22.1 Å². The molecule has 0 bridgehead atoms. The van der Waals surface area contributed by atoms with E-state index in [1.165, 1.54) is 30.7 Å². The van der Waals surface area contributed by atoms with Crippen LogP contribution in [0.5, 0.6) is 0 Å². The fourth-order valence-electron chi connectivity index (χ4n) is 2.37. The quantitative estimate of drug-likeness (QED) is 0.796. The molecule has 90 valence electrons. The first-order valence-corrected chi connectivity index (χ1v) is 6.92. The lowest BCUT2D eigenvalue weighted by Gasteiger charge is -2.33. The van der Waals surface area contributed by atoms with E-state index in [9.17, 15) is 0 Å². The van der Waals surface area contributed by atoms with Crippen molar-refractivity contribution in [2.75, 3.05) is 7.11 Å². The Labute approximate surface area is 102 Å². The molecule has 1 aromatic heterocycles. The van der Waals surface area contributed by atoms with Gasteiger partial charge >= 0.3 is 0 Å². The molecule has 0 saturated heterocycles. The summed E-state index contributed by atoms with van der Waals surface area (Å²) in [5.41, 5.74) is 1.63. The number of aromatic nitrogens is 1. The van der Waals surface area contributed by atoms with Crippen LogP contribution >= 0.6 is 11.3 Å². The number of methoxy groups -OCH3 is 1. The average Bonchev–Trinajstić information content (AvgIpc) is 2.67. The summed E-state index contributed by atoms with van der Waals surface area (Å²) in [6, 6.07) is 0. The molecule has 1 fully saturated rings. The molecular weight excluding hydrogens is 218 g/mol. The number of hydrogen-bond acceptors (Lipinski definition) is 3. The van der Waals surface area contributed by atoms with Crippen LogP contribution in [-0.4, -0.2) is 12.1 Å². The van der Waals surface area contributed by atoms with E-state index in [0.29, 0.717) is 17.9 Å². The van der Waals surface area contributed by atoms with Gasteiger partial charge in [-0.2, -0.15) is 0 Å². The summed E-state index contributed by atoms with van der Waals surface area (Å²) in [5.74, 6) is 0.698. The van der Waals surface area contributed by atoms with Crippen molar-refractivity contribution in [1.29, 1.82) is 0 Å². The zero-order valence-electron chi connectivity index (χ0n) is 10.5. The second-order valence-electron chi connectivity index (χ2n) is 5.55. The predicted octanol–water partition coefficient (Wildman–Crippen LogP) is 3.97. The molecule has 3 heteroatoms. The summed E-state index contributed by atoms with van der Waals surface area (Å²) in [6.07, 6.45) is 5.26. The Morgan fingerprint density at radius 1 is 1.44 bits per heavy atom. The molecule has 16 heavy (non-hydrogen) atoms. The molecule has 1 aliphatic rings. The third-order valence-electron chi connectivity index (χ3n) is 3.55. The van der Waals surface area contributed by atoms with Gasteiger partial charge in [0.15, 0.2) is 0 Å². The van der Waals surface area contributed by atoms with Crippen LogP contribution in [0, 0.1) is 5.41 Å². The van der Waals surface area contributed by atoms with E-state index in [1.54, 1.807) is 18.4 Å². The van der Waals surface area contributed by atoms with Gasteiger partial charge in [0.05, 0.1) is 17.3 Å². The highest BCUT2D eigenvalue weighted by Crippen LogP contribution is 2.42. The Morgan fingerprint density at radius 3 is 2.75 bits per heavy atom. The molecule has 0 aliphatic heterocycles. The molecule has 0 spiro atoms. The van der Waals surface area contributed by atoms with Gasteiger partial charge in [-0.15, -0.1) is 11.3 Å². The summed E-state index contributed by atoms with van der Waals surface area (Å²) in [6.45, 7) is 5.40. The number of thiazole rings is 1. The van der Waals surface area contributed by atoms with E-state index in [4.69, 9.17) is 4.74 Å². The van der Waals surface area contributed by atoms with Gasteiger partial charge in [-0.25, -0.2) is 4.98 Å². The van der Waals surface area contributed by atoms with Crippen LogP contribution in [0.2, 0.25) is 0 Å². The van der Waals surface area contributed by atoms with Gasteiger partial charge in [-0.1, -0.05) is 13.8 Å². The van der Waals surface area contributed by atoms with E-state index in [0.717, 1.165) is 5.69 Å². The fourth-order valence-corrected chi connectivity index (χ4v) is 3.35. The van der Waals surface area contributed by atoms with Gasteiger partial charge in [0, 0.05) is 18.4 Å². The molecule has 0 radical (unpaired) electrons. The van der Waals surface area contributed by atoms with Crippen molar-refractivity contribution >= 4 is 11.3 Å². The second kappa shape index (κ2) is 4.84. The Kier molecular flexibility index (Phi) is 3.65. The molecule has 0 unspecified atom stereocenters. The molecule has 1 aromatic rings. The van der Waals surface area contributed by atoms with Crippen molar-refractivity contribution in [3.8, 4) is 0 Å². The van der Waals surface area contributed by atoms with Gasteiger partial charge in [-0.3, -0.25) is 0 Å². The van der Waals surface area contributed by atoms with Crippen molar-refractivity contribution in [3.63, 3.8) is 0 Å². The van der Waals surface area contributed by atoms with Gasteiger partial charge in [0.1, 0.15) is 0 Å². The van der Waals surface area contributed by atoms with Crippen molar-refractivity contribution in [2.24, 2.45) is 5.41 Å². The number of nitrogens with zero attached hydrogens (tertiary/aromatic N) is 1. The third-order valence-corrected chi connectivity index (χ3v) is 4.61. The summed E-state index contributed by atoms with van der Waals surface area (Å²) < 4.78 is 5.11. The smallest absolute Gasteiger partial charge is 0.0960 e. The second-order valence-corrected chi connectivity index (χ2v) is 6.44. The standard InChI is InChI=1S/C13H21NOS/c1-13(2)6-4-10(5-7-13)12-14-11(8-15-3)9-16-12/h9-10H,4-8H2,1-3H3. The van der Waals surface area contributed by atoms with Gasteiger partial charge in [-0.05, 0) is 31.1 Å². The van der Waals surface area contributed by atoms with E-state index < -0.39 is 0 Å². The van der Waals surface area contributed by atoms with Crippen molar-refractivity contribution in [1.82, 2.24) is 4.98 Å². The van der Waals surface area contributed by atoms with Crippen LogP contribution in [0.3, 0.4) is 0 Å². The molecule has 1 saturated carbocycles. The molecule has 2 nitrogen and oxygen atoms in total. The molecule has 1 aliphatic carbocycles. The van der Waals surface area contributed by atoms with Crippen molar-refractivity contribution < 1.29 is 4.74 Å². The molecule has 0 N–H and O–H groups in total. The number of hydrogen-bond donors (Lipinski definition) is 0. The normalized spacial score (nSPS) is 21.2. The zero-order chi connectivity index (χ0) is 11.6. The summed E-state index contributed by atoms with van der Waals surface area (Å²) in [5, 5.41) is 3.46. The number of rotatable bonds is 3. The lowest BCUT2D eigenvalue weighted by molar-refractivity contribution is 0.181. The van der Waals surface area contributed by atoms with Crippen LogP contribution in [0.25, 0.3) is 0 Å². The highest BCUT2D eigenvalue weighted by molar-refractivity contribution is 7.09. The largest absolute Gasteiger partial charge is 0.378 e. The van der Waals surface area contributed by atoms with Gasteiger partial charge in [0.2, 0.25) is 0 Å². The predicted molar refractivity (Wildman–Crippen MR) is 67.8 cm³/mol. The summed E-state index contributed by atoms with van der Waals surface area (Å²) in [4.78, 5) is 4.66. The Morgan fingerprint density at radius 2 is 2.12 bits per heavy atom. The van der Waals surface area contributed by atoms with E-state index >= 15 is 0 Å². The summed E-state index contributed by atoms with van der Waals surface area (Å²) >= 11 is 1.81. The molecule has 0 amide bonds. The minimum absolute atomic E-state index is 0.545. The fraction of sp³-hybridized carbons (Fsp3) is 0.769. The molecular formula is C13H21NOS. The first-order valence-electron chi connectivity index (χ1n) is 6.04. The lowest BCUT2D eigenvalue weighted by atomic mass is 9.73. The van der Waals surface area contributed by atoms with Crippen LogP contribution in [0.15, 0.2) is 5.38 Å². The minimum Gasteiger partial charge on any atom is -0.378 e. The highest BCUT2D eigenvalue weighted by Gasteiger charge is 2.28. The van der Waals surface area contributed by atoms with Crippen LogP contribution in [0.1, 0.15) is 56.2 Å². The van der Waals surface area contributed by atoms with Crippen molar-refractivity contribution in [3.05, 3.63) is 16.1 Å². The van der Waals surface area contributed by atoms with Gasteiger partial charge in [0.25, 0.3) is 0 Å². The van der Waals surface area contributed by atoms with Crippen LogP contribution in [0.4, 0.5) is 0 Å². The van der Waals surface area contributed by atoms with E-state index in [1.807, 2.05) is 0 Å². The van der Waals surface area contributed by atoms with Crippen LogP contribution < -0.4 is 0 Å². The lowest BCUT2D eigenvalue weighted by Crippen LogP contribution is -2.20. The molecule has 0 atom stereocenters. The monoisotopic (exact) mass is 239 g/mol. The zero-order valence-corrected chi connectivity index (χ0v) is 11.3. The average molecular weight is 239 g/mol. The SMILES string of the molecule is COCc1csc(C2CCC(C)(C)CC2)n1. The third kappa shape index (κ3) is 2.83. The van der Waals surface area contributed by atoms with Crippen LogP contribution in [-0.2, 0) is 11.3 Å². The van der Waals surface area contributed by atoms with E-state index in [2.05, 4.69) is 24.2 Å². The highest BCUT2D eigenvalue weighted by atomic mass is 32.1. The molecule has 1 heterocycles. The maximum absolute atomic E-state index is 5.11.